The number of hydrogen-bond donors (Lipinski definition) is 1. The number of nitrogens with one attached hydrogen (secondary N) is 1. The highest BCUT2D eigenvalue weighted by atomic mass is 16.6. The third-order valence-corrected chi connectivity index (χ3v) is 2.48. The van der Waals surface area contributed by atoms with Crippen molar-refractivity contribution in [1.82, 2.24) is 4.98 Å². The Morgan fingerprint density at radius 3 is 2.88 bits per heavy atom. The van der Waals surface area contributed by atoms with Gasteiger partial charge in [-0.15, -0.1) is 0 Å². The molecule has 1 atom stereocenters. The first-order valence-electron chi connectivity index (χ1n) is 4.86. The van der Waals surface area contributed by atoms with Crippen molar-refractivity contribution in [2.45, 2.75) is 6.42 Å². The van der Waals surface area contributed by atoms with Gasteiger partial charge in [0.25, 0.3) is 5.70 Å². The maximum Gasteiger partial charge on any atom is 0.272 e. The fraction of sp³-hybridized carbons (Fsp3) is 0.182. The highest BCUT2D eigenvalue weighted by Gasteiger charge is 2.22. The van der Waals surface area contributed by atoms with Gasteiger partial charge in [0.05, 0.1) is 11.0 Å². The maximum absolute atomic E-state index is 11.6. The molecule has 1 aliphatic rings. The first kappa shape index (κ1) is 10.4. The zero-order chi connectivity index (χ0) is 11.5. The Morgan fingerprint density at radius 2 is 2.31 bits per heavy atom. The molecule has 1 N–H and O–H groups in total. The summed E-state index contributed by atoms with van der Waals surface area (Å²) in [5.41, 5.74) is 0.872. The molecular formula is C11H10N2O3. The molecule has 0 fully saturated rings. The Labute approximate surface area is 91.6 Å². The Hall–Kier alpha value is -2.17. The lowest BCUT2D eigenvalue weighted by Crippen LogP contribution is -2.17. The molecule has 82 valence electrons. The standard InChI is InChI=1S/C11H10N2O3/c14-11-6-10(13(15)16)2-1-9(11)5-8-3-4-12-7-8/h1-4,6-7,9,12H,5H2. The van der Waals surface area contributed by atoms with E-state index in [0.717, 1.165) is 11.6 Å². The molecule has 0 saturated carbocycles. The SMILES string of the molecule is O=C1C=C([N+](=O)[O-])C=CC1Cc1cc[nH]c1. The van der Waals surface area contributed by atoms with Crippen LogP contribution in [0.3, 0.4) is 0 Å². The van der Waals surface area contributed by atoms with Crippen molar-refractivity contribution < 1.29 is 9.72 Å². The first-order valence-corrected chi connectivity index (χ1v) is 4.86. The van der Waals surface area contributed by atoms with E-state index in [0.29, 0.717) is 6.42 Å². The summed E-state index contributed by atoms with van der Waals surface area (Å²) in [6.07, 6.45) is 8.24. The third kappa shape index (κ3) is 2.08. The number of nitro groups is 1. The van der Waals surface area contributed by atoms with Gasteiger partial charge in [0.15, 0.2) is 5.78 Å². The van der Waals surface area contributed by atoms with E-state index in [9.17, 15) is 14.9 Å². The van der Waals surface area contributed by atoms with Crippen LogP contribution in [-0.4, -0.2) is 15.7 Å². The molecule has 1 unspecified atom stereocenters. The van der Waals surface area contributed by atoms with Crippen molar-refractivity contribution in [3.05, 3.63) is 58.1 Å². The predicted octanol–water partition coefficient (Wildman–Crippen LogP) is 1.47. The molecule has 0 aliphatic heterocycles. The topological polar surface area (TPSA) is 76.0 Å². The van der Waals surface area contributed by atoms with Crippen LogP contribution in [0.25, 0.3) is 0 Å². The van der Waals surface area contributed by atoms with Crippen LogP contribution >= 0.6 is 0 Å². The van der Waals surface area contributed by atoms with Crippen molar-refractivity contribution in [3.63, 3.8) is 0 Å². The first-order chi connectivity index (χ1) is 7.66. The normalized spacial score (nSPS) is 19.6. The molecule has 5 nitrogen and oxygen atoms in total. The Kier molecular flexibility index (Phi) is 2.68. The quantitative estimate of drug-likeness (QED) is 0.616. The van der Waals surface area contributed by atoms with Crippen LogP contribution in [0.1, 0.15) is 5.56 Å². The van der Waals surface area contributed by atoms with Crippen LogP contribution in [-0.2, 0) is 11.2 Å². The Bertz CT molecular complexity index is 471. The average molecular weight is 218 g/mol. The summed E-state index contributed by atoms with van der Waals surface area (Å²) >= 11 is 0. The Morgan fingerprint density at radius 1 is 1.50 bits per heavy atom. The smallest absolute Gasteiger partial charge is 0.272 e. The molecule has 0 saturated heterocycles. The molecule has 1 aromatic rings. The number of nitrogens with zero attached hydrogens (tertiary/aromatic N) is 1. The zero-order valence-electron chi connectivity index (χ0n) is 8.42. The van der Waals surface area contributed by atoms with Crippen molar-refractivity contribution in [2.75, 3.05) is 0 Å². The van der Waals surface area contributed by atoms with E-state index >= 15 is 0 Å². The second-order valence-electron chi connectivity index (χ2n) is 3.62. The number of aromatic nitrogens is 1. The van der Waals surface area contributed by atoms with Crippen molar-refractivity contribution in [3.8, 4) is 0 Å². The van der Waals surface area contributed by atoms with Gasteiger partial charge in [0.1, 0.15) is 0 Å². The van der Waals surface area contributed by atoms with Gasteiger partial charge in [-0.3, -0.25) is 14.9 Å². The van der Waals surface area contributed by atoms with E-state index in [2.05, 4.69) is 4.98 Å². The lowest BCUT2D eigenvalue weighted by atomic mass is 9.92. The molecule has 1 aliphatic carbocycles. The molecule has 0 radical (unpaired) electrons. The van der Waals surface area contributed by atoms with Crippen LogP contribution in [0.4, 0.5) is 0 Å². The fourth-order valence-corrected chi connectivity index (χ4v) is 1.63. The van der Waals surface area contributed by atoms with Gasteiger partial charge in [-0.25, -0.2) is 0 Å². The zero-order valence-corrected chi connectivity index (χ0v) is 8.42. The number of carbonyl (C=O) groups excluding carboxylic acids is 1. The minimum atomic E-state index is -0.555. The van der Waals surface area contributed by atoms with E-state index in [1.165, 1.54) is 6.08 Å². The number of H-pyrrole nitrogens is 1. The van der Waals surface area contributed by atoms with Crippen LogP contribution in [0, 0.1) is 16.0 Å². The minimum absolute atomic E-state index is 0.143. The second-order valence-corrected chi connectivity index (χ2v) is 3.62. The van der Waals surface area contributed by atoms with Crippen molar-refractivity contribution in [2.24, 2.45) is 5.92 Å². The van der Waals surface area contributed by atoms with Crippen LogP contribution in [0.5, 0.6) is 0 Å². The summed E-state index contributed by atoms with van der Waals surface area (Å²) in [6, 6.07) is 1.88. The Balaban J connectivity index is 2.09. The average Bonchev–Trinajstić information content (AvgIpc) is 2.73. The molecule has 0 bridgehead atoms. The van der Waals surface area contributed by atoms with Crippen molar-refractivity contribution >= 4 is 5.78 Å². The van der Waals surface area contributed by atoms with E-state index < -0.39 is 4.92 Å². The van der Waals surface area contributed by atoms with E-state index in [-0.39, 0.29) is 17.4 Å². The van der Waals surface area contributed by atoms with E-state index in [1.54, 1.807) is 12.3 Å². The van der Waals surface area contributed by atoms with Gasteiger partial charge >= 0.3 is 0 Å². The molecule has 0 spiro atoms. The number of rotatable bonds is 3. The van der Waals surface area contributed by atoms with Crippen LogP contribution < -0.4 is 0 Å². The molecule has 0 amide bonds. The largest absolute Gasteiger partial charge is 0.367 e. The molecular weight excluding hydrogens is 208 g/mol. The molecule has 16 heavy (non-hydrogen) atoms. The number of carbonyl (C=O) groups is 1. The number of aromatic amines is 1. The van der Waals surface area contributed by atoms with Crippen LogP contribution in [0.2, 0.25) is 0 Å². The lowest BCUT2D eigenvalue weighted by molar-refractivity contribution is -0.419. The number of allylic oxidation sites excluding steroid dienone is 3. The summed E-state index contributed by atoms with van der Waals surface area (Å²) in [5, 5.41) is 10.5. The maximum atomic E-state index is 11.6. The summed E-state index contributed by atoms with van der Waals surface area (Å²) in [6.45, 7) is 0. The van der Waals surface area contributed by atoms with E-state index in [1.807, 2.05) is 12.3 Å². The van der Waals surface area contributed by atoms with Crippen LogP contribution in [0.15, 0.2) is 42.4 Å². The summed E-state index contributed by atoms with van der Waals surface area (Å²) < 4.78 is 0. The monoisotopic (exact) mass is 218 g/mol. The van der Waals surface area contributed by atoms with Gasteiger partial charge in [-0.1, -0.05) is 6.08 Å². The van der Waals surface area contributed by atoms with E-state index in [4.69, 9.17) is 0 Å². The molecule has 5 heteroatoms. The van der Waals surface area contributed by atoms with Gasteiger partial charge in [-0.2, -0.15) is 0 Å². The second kappa shape index (κ2) is 4.14. The van der Waals surface area contributed by atoms with Gasteiger partial charge < -0.3 is 4.98 Å². The molecule has 1 aromatic heterocycles. The van der Waals surface area contributed by atoms with Crippen molar-refractivity contribution in [1.29, 1.82) is 0 Å². The highest BCUT2D eigenvalue weighted by molar-refractivity contribution is 5.95. The lowest BCUT2D eigenvalue weighted by Gasteiger charge is -2.10. The molecule has 2 rings (SSSR count). The summed E-state index contributed by atoms with van der Waals surface area (Å²) in [7, 11) is 0. The summed E-state index contributed by atoms with van der Waals surface area (Å²) in [5.74, 6) is -0.505. The predicted molar refractivity (Wildman–Crippen MR) is 57.2 cm³/mol. The number of hydrogen-bond acceptors (Lipinski definition) is 3. The molecule has 0 aromatic carbocycles. The van der Waals surface area contributed by atoms with Gasteiger partial charge in [0.2, 0.25) is 0 Å². The minimum Gasteiger partial charge on any atom is -0.367 e. The fourth-order valence-electron chi connectivity index (χ4n) is 1.63. The summed E-state index contributed by atoms with van der Waals surface area (Å²) in [4.78, 5) is 24.4. The van der Waals surface area contributed by atoms with Gasteiger partial charge in [-0.05, 0) is 18.1 Å². The highest BCUT2D eigenvalue weighted by Crippen LogP contribution is 2.18. The molecule has 1 heterocycles. The van der Waals surface area contributed by atoms with Gasteiger partial charge in [0, 0.05) is 24.4 Å². The third-order valence-electron chi connectivity index (χ3n) is 2.48. The number of ketones is 1.